The van der Waals surface area contributed by atoms with Gasteiger partial charge in [-0.1, -0.05) is 127 Å². The largest absolute Gasteiger partial charge is 0.480 e. The number of carboxylic acids is 1. The minimum Gasteiger partial charge on any atom is -0.480 e. The van der Waals surface area contributed by atoms with E-state index in [4.69, 9.17) is 14.9 Å². The highest BCUT2D eigenvalue weighted by molar-refractivity contribution is 5.87. The minimum absolute atomic E-state index is 0.124. The van der Waals surface area contributed by atoms with E-state index in [1.807, 2.05) is 0 Å². The number of esters is 1. The summed E-state index contributed by atoms with van der Waals surface area (Å²) in [5, 5.41) is 22.5. The van der Waals surface area contributed by atoms with Gasteiger partial charge in [0.1, 0.15) is 12.1 Å². The molecule has 0 aliphatic rings. The second-order valence-corrected chi connectivity index (χ2v) is 13.3. The number of allylic oxidation sites excluding steroid dienone is 7. The van der Waals surface area contributed by atoms with Crippen molar-refractivity contribution in [2.45, 2.75) is 180 Å². The molecule has 2 amide bonds. The lowest BCUT2D eigenvalue weighted by molar-refractivity contribution is -0.147. The van der Waals surface area contributed by atoms with E-state index in [0.717, 1.165) is 83.5 Å². The second kappa shape index (κ2) is 36.6. The minimum atomic E-state index is -1.39. The maximum absolute atomic E-state index is 12.7. The van der Waals surface area contributed by atoms with Gasteiger partial charge in [0, 0.05) is 12.8 Å². The van der Waals surface area contributed by atoms with Gasteiger partial charge in [0.15, 0.2) is 0 Å². The number of unbranched alkanes of at least 4 members (excludes halogenated alkanes) is 15. The van der Waals surface area contributed by atoms with E-state index in [0.29, 0.717) is 12.8 Å². The van der Waals surface area contributed by atoms with Gasteiger partial charge in [-0.05, 0) is 76.7 Å². The lowest BCUT2D eigenvalue weighted by Gasteiger charge is -2.15. The fourth-order valence-electron chi connectivity index (χ4n) is 5.46. The van der Waals surface area contributed by atoms with Crippen LogP contribution in [0.25, 0.3) is 0 Å². The Morgan fingerprint density at radius 1 is 0.627 bits per heavy atom. The molecule has 0 aliphatic heterocycles. The maximum Gasteiger partial charge on any atom is 0.328 e. The van der Waals surface area contributed by atoms with Gasteiger partial charge in [-0.2, -0.15) is 0 Å². The summed E-state index contributed by atoms with van der Waals surface area (Å²) in [6, 6.07) is -1.39. The van der Waals surface area contributed by atoms with Crippen molar-refractivity contribution in [1.29, 1.82) is 0 Å². The van der Waals surface area contributed by atoms with E-state index in [1.165, 1.54) is 51.4 Å². The zero-order chi connectivity index (χ0) is 37.6. The van der Waals surface area contributed by atoms with Crippen LogP contribution in [0.2, 0.25) is 0 Å². The lowest BCUT2D eigenvalue weighted by atomic mass is 10.1. The molecule has 0 rings (SSSR count). The van der Waals surface area contributed by atoms with Crippen molar-refractivity contribution in [1.82, 2.24) is 10.6 Å². The molecule has 0 aliphatic carbocycles. The highest BCUT2D eigenvalue weighted by atomic mass is 16.5. The predicted octanol–water partition coefficient (Wildman–Crippen LogP) is 9.20. The van der Waals surface area contributed by atoms with Crippen LogP contribution in [0.4, 0.5) is 0 Å². The zero-order valence-corrected chi connectivity index (χ0v) is 32.1. The number of hydrogen-bond acceptors (Lipinski definition) is 6. The van der Waals surface area contributed by atoms with E-state index >= 15 is 0 Å². The molecule has 51 heavy (non-hydrogen) atoms. The third-order valence-corrected chi connectivity index (χ3v) is 8.54. The summed E-state index contributed by atoms with van der Waals surface area (Å²) in [7, 11) is 0. The van der Waals surface area contributed by atoms with Crippen molar-refractivity contribution in [2.75, 3.05) is 13.2 Å². The van der Waals surface area contributed by atoms with Crippen molar-refractivity contribution in [2.24, 2.45) is 0 Å². The van der Waals surface area contributed by atoms with Gasteiger partial charge in [0.2, 0.25) is 11.8 Å². The summed E-state index contributed by atoms with van der Waals surface area (Å²) in [4.78, 5) is 47.4. The molecule has 2 unspecified atom stereocenters. The Morgan fingerprint density at radius 3 is 1.80 bits per heavy atom. The fourth-order valence-corrected chi connectivity index (χ4v) is 5.46. The molecular weight excluding hydrogens is 644 g/mol. The standard InChI is InChI=1S/C42H72N2O7/c1-3-5-7-9-11-12-13-14-15-16-17-18-19-20-22-24-30-34-41(48)51-37(31-27-23-21-10-8-6-4-2)32-28-25-26-29-33-39(46)43-35-40(47)44-38(36-45)42(49)50/h5,7,11-12,14-15,27,31,37-38,45H,3-4,6,8-10,13,16-26,28-30,32-36H2,1-2H3,(H,43,46)(H,44,47)(H,49,50)/b7-5-,12-11-,15-14-,31-27-. The zero-order valence-electron chi connectivity index (χ0n) is 32.1. The Kier molecular flexibility index (Phi) is 34.3. The molecule has 0 aromatic carbocycles. The number of nitrogens with one attached hydrogen (secondary N) is 2. The Morgan fingerprint density at radius 2 is 1.18 bits per heavy atom. The highest BCUT2D eigenvalue weighted by Crippen LogP contribution is 2.15. The average molecular weight is 717 g/mol. The first-order valence-corrected chi connectivity index (χ1v) is 20.0. The van der Waals surface area contributed by atoms with E-state index in [9.17, 15) is 19.2 Å². The van der Waals surface area contributed by atoms with Crippen LogP contribution in [0.1, 0.15) is 168 Å². The molecule has 0 heterocycles. The van der Waals surface area contributed by atoms with Crippen LogP contribution in [0.15, 0.2) is 48.6 Å². The molecule has 9 nitrogen and oxygen atoms in total. The molecule has 0 saturated carbocycles. The van der Waals surface area contributed by atoms with Crippen LogP contribution in [0.3, 0.4) is 0 Å². The van der Waals surface area contributed by atoms with E-state index in [2.05, 4.69) is 73.1 Å². The van der Waals surface area contributed by atoms with E-state index in [-0.39, 0.29) is 30.9 Å². The number of carbonyl (C=O) groups excluding carboxylic acids is 3. The van der Waals surface area contributed by atoms with Crippen molar-refractivity contribution in [3.8, 4) is 0 Å². The smallest absolute Gasteiger partial charge is 0.328 e. The highest BCUT2D eigenvalue weighted by Gasteiger charge is 2.18. The first-order chi connectivity index (χ1) is 24.8. The summed E-state index contributed by atoms with van der Waals surface area (Å²) in [6.45, 7) is 3.31. The summed E-state index contributed by atoms with van der Waals surface area (Å²) >= 11 is 0. The van der Waals surface area contributed by atoms with Gasteiger partial charge in [0.05, 0.1) is 13.2 Å². The van der Waals surface area contributed by atoms with Gasteiger partial charge < -0.3 is 25.6 Å². The SMILES string of the molecule is CC/C=C\C/C=C\C/C=C\CCCCCCCCCC(=O)OC(/C=C\CCCCCCC)CCCCCCC(=O)NCC(=O)NC(CO)C(=O)O. The number of carbonyl (C=O) groups is 4. The number of carboxylic acid groups (broad SMARTS) is 1. The number of aliphatic hydroxyl groups excluding tert-OH is 1. The number of rotatable bonds is 35. The van der Waals surface area contributed by atoms with Gasteiger partial charge in [-0.25, -0.2) is 4.79 Å². The molecule has 0 aromatic heterocycles. The van der Waals surface area contributed by atoms with Crippen molar-refractivity contribution < 1.29 is 34.1 Å². The first kappa shape index (κ1) is 47.8. The Hall–Kier alpha value is -3.20. The molecule has 4 N–H and O–H groups in total. The molecule has 0 fully saturated rings. The normalized spacial score (nSPS) is 13.0. The quantitative estimate of drug-likeness (QED) is 0.0291. The molecule has 0 aromatic rings. The molecule has 0 bridgehead atoms. The Bertz CT molecular complexity index is 1010. The van der Waals surface area contributed by atoms with Crippen molar-refractivity contribution in [3.63, 3.8) is 0 Å². The van der Waals surface area contributed by atoms with Crippen LogP contribution in [-0.4, -0.2) is 59.3 Å². The Balaban J connectivity index is 4.24. The van der Waals surface area contributed by atoms with Crippen LogP contribution < -0.4 is 10.6 Å². The third-order valence-electron chi connectivity index (χ3n) is 8.54. The van der Waals surface area contributed by atoms with E-state index in [1.54, 1.807) is 0 Å². The summed E-state index contributed by atoms with van der Waals surface area (Å²) in [5.74, 6) is -2.41. The fraction of sp³-hybridized carbons (Fsp3) is 0.714. The second-order valence-electron chi connectivity index (χ2n) is 13.3. The topological polar surface area (TPSA) is 142 Å². The molecule has 292 valence electrons. The predicted molar refractivity (Wildman–Crippen MR) is 208 cm³/mol. The van der Waals surface area contributed by atoms with Gasteiger partial charge in [0.25, 0.3) is 0 Å². The molecule has 0 radical (unpaired) electrons. The Labute approximate surface area is 309 Å². The van der Waals surface area contributed by atoms with Crippen LogP contribution in [-0.2, 0) is 23.9 Å². The monoisotopic (exact) mass is 717 g/mol. The first-order valence-electron chi connectivity index (χ1n) is 20.0. The number of aliphatic hydroxyl groups is 1. The number of aliphatic carboxylic acids is 1. The molecule has 9 heteroatoms. The van der Waals surface area contributed by atoms with Gasteiger partial charge in [-0.15, -0.1) is 0 Å². The molecule has 2 atom stereocenters. The summed E-state index contributed by atoms with van der Waals surface area (Å²) in [6.07, 6.45) is 41.6. The van der Waals surface area contributed by atoms with Crippen LogP contribution in [0.5, 0.6) is 0 Å². The molecule has 0 spiro atoms. The van der Waals surface area contributed by atoms with Crippen molar-refractivity contribution >= 4 is 23.8 Å². The number of ether oxygens (including phenoxy) is 1. The average Bonchev–Trinajstić information content (AvgIpc) is 3.11. The molecule has 0 saturated heterocycles. The molecular formula is C42H72N2O7. The maximum atomic E-state index is 12.7. The van der Waals surface area contributed by atoms with Gasteiger partial charge in [-0.3, -0.25) is 14.4 Å². The van der Waals surface area contributed by atoms with Crippen LogP contribution >= 0.6 is 0 Å². The van der Waals surface area contributed by atoms with Crippen LogP contribution in [0, 0.1) is 0 Å². The van der Waals surface area contributed by atoms with Gasteiger partial charge >= 0.3 is 11.9 Å². The number of hydrogen-bond donors (Lipinski definition) is 4. The third kappa shape index (κ3) is 33.7. The van der Waals surface area contributed by atoms with Crippen molar-refractivity contribution in [3.05, 3.63) is 48.6 Å². The lowest BCUT2D eigenvalue weighted by Crippen LogP contribution is -2.47. The summed E-state index contributed by atoms with van der Waals surface area (Å²) < 4.78 is 5.88. The van der Waals surface area contributed by atoms with E-state index < -0.39 is 24.5 Å². The number of amides is 2. The summed E-state index contributed by atoms with van der Waals surface area (Å²) in [5.41, 5.74) is 0.